The second-order valence-electron chi connectivity index (χ2n) is 11.0. The molecule has 0 aliphatic rings. The molecule has 2 heterocycles. The molecule has 4 aromatic carbocycles. The fourth-order valence-corrected chi connectivity index (χ4v) is 6.01. The van der Waals surface area contributed by atoms with Crippen molar-refractivity contribution in [3.8, 4) is 5.75 Å². The van der Waals surface area contributed by atoms with Crippen LogP contribution in [-0.2, 0) is 30.9 Å². The molecule has 6 nitrogen and oxygen atoms in total. The van der Waals surface area contributed by atoms with E-state index in [2.05, 4.69) is 10.3 Å². The predicted octanol–water partition coefficient (Wildman–Crippen LogP) is 6.83. The lowest BCUT2D eigenvalue weighted by Gasteiger charge is -2.22. The summed E-state index contributed by atoms with van der Waals surface area (Å²) in [5.41, 5.74) is 2.63. The van der Waals surface area contributed by atoms with E-state index in [1.165, 1.54) is 16.7 Å². The summed E-state index contributed by atoms with van der Waals surface area (Å²) in [5, 5.41) is 15.9. The molecule has 1 amide bonds. The summed E-state index contributed by atoms with van der Waals surface area (Å²) in [5.74, 6) is -1.33. The van der Waals surface area contributed by atoms with Crippen LogP contribution in [0.2, 0.25) is 0 Å². The Morgan fingerprint density at radius 1 is 0.889 bits per heavy atom. The molecule has 2 aromatic heterocycles. The Kier molecular flexibility index (Phi) is 7.93. The van der Waals surface area contributed by atoms with Crippen molar-refractivity contribution in [3.63, 3.8) is 0 Å². The third-order valence-electron chi connectivity index (χ3n) is 8.21. The van der Waals surface area contributed by atoms with Gasteiger partial charge in [0.15, 0.2) is 0 Å². The van der Waals surface area contributed by atoms with Gasteiger partial charge in [0.2, 0.25) is 5.91 Å². The van der Waals surface area contributed by atoms with Gasteiger partial charge in [-0.2, -0.15) is 13.2 Å². The second kappa shape index (κ2) is 12.0. The molecule has 3 N–H and O–H groups in total. The molecule has 9 heteroatoms. The number of para-hydroxylation sites is 2. The molecule has 0 saturated carbocycles. The van der Waals surface area contributed by atoms with Gasteiger partial charge in [0.05, 0.1) is 29.0 Å². The van der Waals surface area contributed by atoms with Gasteiger partial charge in [0, 0.05) is 35.6 Å². The van der Waals surface area contributed by atoms with Gasteiger partial charge >= 0.3 is 6.18 Å². The minimum atomic E-state index is -4.54. The van der Waals surface area contributed by atoms with E-state index in [0.29, 0.717) is 28.6 Å². The number of aromatic hydroxyl groups is 1. The van der Waals surface area contributed by atoms with E-state index in [0.717, 1.165) is 34.2 Å². The van der Waals surface area contributed by atoms with Crippen molar-refractivity contribution in [1.82, 2.24) is 14.9 Å². The van der Waals surface area contributed by atoms with Gasteiger partial charge in [-0.3, -0.25) is 9.59 Å². The highest BCUT2D eigenvalue weighted by Crippen LogP contribution is 2.41. The number of carbonyl (C=O) groups excluding carboxylic acids is 1. The molecule has 45 heavy (non-hydrogen) atoms. The molecule has 0 radical (unpaired) electrons. The summed E-state index contributed by atoms with van der Waals surface area (Å²) in [6.45, 7) is 0.280. The molecule has 0 bridgehead atoms. The molecule has 228 valence electrons. The topological polar surface area (TPSA) is 87.1 Å². The average Bonchev–Trinajstić information content (AvgIpc) is 3.40. The number of rotatable bonds is 8. The number of aromatic amines is 1. The zero-order chi connectivity index (χ0) is 31.7. The normalized spacial score (nSPS) is 12.4. The number of pyridine rings is 1. The molecular formula is C36H30F3N3O3. The summed E-state index contributed by atoms with van der Waals surface area (Å²) < 4.78 is 42.0. The number of hydrogen-bond acceptors (Lipinski definition) is 3. The molecule has 1 unspecified atom stereocenters. The quantitative estimate of drug-likeness (QED) is 0.177. The SMILES string of the molecule is Cn1c(=O)c(C(c2ccc(C(F)(F)F)cc2)c2[nH]c3ccccc3c2CCNC(=O)Cc2ccccc2)c(O)c2ccccc21. The smallest absolute Gasteiger partial charge is 0.416 e. The number of alkyl halides is 3. The third kappa shape index (κ3) is 5.81. The van der Waals surface area contributed by atoms with Gasteiger partial charge < -0.3 is 20.0 Å². The monoisotopic (exact) mass is 609 g/mol. The Morgan fingerprint density at radius 3 is 2.24 bits per heavy atom. The first-order valence-electron chi connectivity index (χ1n) is 14.5. The Morgan fingerprint density at radius 2 is 1.53 bits per heavy atom. The summed E-state index contributed by atoms with van der Waals surface area (Å²) in [6.07, 6.45) is -3.96. The van der Waals surface area contributed by atoms with E-state index in [1.54, 1.807) is 31.3 Å². The van der Waals surface area contributed by atoms with Crippen LogP contribution >= 0.6 is 0 Å². The largest absolute Gasteiger partial charge is 0.507 e. The Balaban J connectivity index is 1.48. The molecule has 6 aromatic rings. The minimum absolute atomic E-state index is 0.0388. The van der Waals surface area contributed by atoms with Crippen molar-refractivity contribution in [2.24, 2.45) is 7.05 Å². The maximum atomic E-state index is 14.0. The first kappa shape index (κ1) is 29.7. The Bertz CT molecular complexity index is 2060. The lowest BCUT2D eigenvalue weighted by molar-refractivity contribution is -0.137. The van der Waals surface area contributed by atoms with Gasteiger partial charge in [0.25, 0.3) is 5.56 Å². The van der Waals surface area contributed by atoms with E-state index in [9.17, 15) is 27.9 Å². The third-order valence-corrected chi connectivity index (χ3v) is 8.21. The maximum absolute atomic E-state index is 14.0. The number of halogens is 3. The number of aryl methyl sites for hydroxylation is 1. The lowest BCUT2D eigenvalue weighted by Crippen LogP contribution is -2.28. The van der Waals surface area contributed by atoms with E-state index in [-0.39, 0.29) is 30.2 Å². The highest BCUT2D eigenvalue weighted by atomic mass is 19.4. The standard InChI is InChI=1S/C36H30F3N3O3/c1-42-29-14-8-6-12-27(29)34(44)32(35(42)45)31(23-15-17-24(18-16-23)36(37,38)39)33-26(25-11-5-7-13-28(25)41-33)19-20-40-30(43)21-22-9-3-2-4-10-22/h2-18,31,41,44H,19-21H2,1H3,(H,40,43). The molecule has 0 fully saturated rings. The zero-order valence-corrected chi connectivity index (χ0v) is 24.4. The number of nitrogens with one attached hydrogen (secondary N) is 2. The van der Waals surface area contributed by atoms with Crippen LogP contribution in [-0.4, -0.2) is 27.1 Å². The average molecular weight is 610 g/mol. The van der Waals surface area contributed by atoms with Gasteiger partial charge in [-0.25, -0.2) is 0 Å². The summed E-state index contributed by atoms with van der Waals surface area (Å²) in [7, 11) is 1.60. The van der Waals surface area contributed by atoms with Crippen LogP contribution in [0, 0.1) is 0 Å². The Hall–Kier alpha value is -5.31. The lowest BCUT2D eigenvalue weighted by atomic mass is 9.84. The minimum Gasteiger partial charge on any atom is -0.507 e. The molecule has 1 atom stereocenters. The van der Waals surface area contributed by atoms with Gasteiger partial charge in [0.1, 0.15) is 5.75 Å². The molecule has 0 saturated heterocycles. The number of aromatic nitrogens is 2. The summed E-state index contributed by atoms with van der Waals surface area (Å²) in [6, 6.07) is 28.5. The van der Waals surface area contributed by atoms with Crippen LogP contribution in [0.1, 0.15) is 39.4 Å². The van der Waals surface area contributed by atoms with Crippen molar-refractivity contribution in [2.75, 3.05) is 6.54 Å². The van der Waals surface area contributed by atoms with E-state index >= 15 is 0 Å². The first-order chi connectivity index (χ1) is 21.6. The first-order valence-corrected chi connectivity index (χ1v) is 14.5. The number of H-pyrrole nitrogens is 1. The fourth-order valence-electron chi connectivity index (χ4n) is 6.01. The number of fused-ring (bicyclic) bond motifs is 2. The highest BCUT2D eigenvalue weighted by molar-refractivity contribution is 5.88. The highest BCUT2D eigenvalue weighted by Gasteiger charge is 2.33. The van der Waals surface area contributed by atoms with Crippen molar-refractivity contribution in [1.29, 1.82) is 0 Å². The van der Waals surface area contributed by atoms with Crippen LogP contribution in [0.25, 0.3) is 21.8 Å². The van der Waals surface area contributed by atoms with Crippen LogP contribution < -0.4 is 10.9 Å². The van der Waals surface area contributed by atoms with Crippen molar-refractivity contribution < 1.29 is 23.1 Å². The van der Waals surface area contributed by atoms with Crippen molar-refractivity contribution >= 4 is 27.7 Å². The van der Waals surface area contributed by atoms with Gasteiger partial charge in [-0.15, -0.1) is 0 Å². The molecule has 0 spiro atoms. The number of hydrogen-bond donors (Lipinski definition) is 3. The van der Waals surface area contributed by atoms with E-state index in [4.69, 9.17) is 0 Å². The van der Waals surface area contributed by atoms with E-state index in [1.807, 2.05) is 54.6 Å². The van der Waals surface area contributed by atoms with Crippen LogP contribution in [0.5, 0.6) is 5.75 Å². The number of carbonyl (C=O) groups is 1. The van der Waals surface area contributed by atoms with Gasteiger partial charge in [-0.05, 0) is 53.4 Å². The van der Waals surface area contributed by atoms with Crippen molar-refractivity contribution in [2.45, 2.75) is 24.9 Å². The fraction of sp³-hybridized carbons (Fsp3) is 0.167. The molecular weight excluding hydrogens is 579 g/mol. The van der Waals surface area contributed by atoms with Crippen LogP contribution in [0.15, 0.2) is 108 Å². The van der Waals surface area contributed by atoms with E-state index < -0.39 is 23.2 Å². The van der Waals surface area contributed by atoms with Crippen LogP contribution in [0.4, 0.5) is 13.2 Å². The Labute approximate surface area is 256 Å². The molecule has 0 aliphatic heterocycles. The zero-order valence-electron chi connectivity index (χ0n) is 24.4. The molecule has 6 rings (SSSR count). The number of nitrogens with zero attached hydrogens (tertiary/aromatic N) is 1. The maximum Gasteiger partial charge on any atom is 0.416 e. The second-order valence-corrected chi connectivity index (χ2v) is 11.0. The summed E-state index contributed by atoms with van der Waals surface area (Å²) in [4.78, 5) is 30.1. The summed E-state index contributed by atoms with van der Waals surface area (Å²) >= 11 is 0. The van der Waals surface area contributed by atoms with Gasteiger partial charge in [-0.1, -0.05) is 72.8 Å². The van der Waals surface area contributed by atoms with Crippen molar-refractivity contribution in [3.05, 3.63) is 147 Å². The van der Waals surface area contributed by atoms with Crippen LogP contribution in [0.3, 0.4) is 0 Å². The number of benzene rings is 4. The molecule has 0 aliphatic carbocycles. The number of amides is 1. The predicted molar refractivity (Wildman–Crippen MR) is 168 cm³/mol.